The minimum atomic E-state index is -0.443. The van der Waals surface area contributed by atoms with Gasteiger partial charge in [-0.3, -0.25) is 19.3 Å². The molecule has 0 amide bonds. The van der Waals surface area contributed by atoms with Gasteiger partial charge in [-0.2, -0.15) is 0 Å². The molecule has 0 spiro atoms. The summed E-state index contributed by atoms with van der Waals surface area (Å²) in [5, 5.41) is 9.72. The predicted octanol–water partition coefficient (Wildman–Crippen LogP) is 0.604. The molecule has 0 aliphatic rings. The third kappa shape index (κ3) is 3.50. The maximum Gasteiger partial charge on any atom is 0.264 e. The number of nitrogens with zero attached hydrogens (tertiary/aromatic N) is 2. The van der Waals surface area contributed by atoms with Gasteiger partial charge < -0.3 is 9.84 Å². The lowest BCUT2D eigenvalue weighted by Crippen LogP contribution is -2.17. The summed E-state index contributed by atoms with van der Waals surface area (Å²) in [7, 11) is 3.18. The highest BCUT2D eigenvalue weighted by molar-refractivity contribution is 7.71. The van der Waals surface area contributed by atoms with Crippen LogP contribution in [0.5, 0.6) is 5.88 Å². The first-order valence-electron chi connectivity index (χ1n) is 5.09. The molecule has 0 saturated heterocycles. The number of methoxy groups -OCH3 is 1. The fourth-order valence-corrected chi connectivity index (χ4v) is 1.38. The maximum absolute atomic E-state index is 11.5. The molecule has 17 heavy (non-hydrogen) atoms. The normalized spacial score (nSPS) is 11.2. The first kappa shape index (κ1) is 13.6. The molecule has 1 aromatic heterocycles. The highest BCUT2D eigenvalue weighted by Gasteiger charge is 2.07. The van der Waals surface area contributed by atoms with E-state index in [0.717, 1.165) is 6.42 Å². The molecule has 94 valence electrons. The van der Waals surface area contributed by atoms with Gasteiger partial charge in [0.05, 0.1) is 0 Å². The molecule has 0 fully saturated rings. The number of hydrogen-bond acceptors (Lipinski definition) is 5. The Morgan fingerprint density at radius 3 is 3.00 bits per heavy atom. The zero-order valence-corrected chi connectivity index (χ0v) is 10.6. The van der Waals surface area contributed by atoms with Gasteiger partial charge in [0.15, 0.2) is 4.77 Å². The number of aromatic amines is 1. The Balaban J connectivity index is 2.88. The molecule has 6 nitrogen and oxygen atoms in total. The van der Waals surface area contributed by atoms with Crippen LogP contribution in [0.4, 0.5) is 0 Å². The minimum absolute atomic E-state index is 0.110. The van der Waals surface area contributed by atoms with E-state index in [1.165, 1.54) is 10.8 Å². The monoisotopic (exact) mass is 257 g/mol. The summed E-state index contributed by atoms with van der Waals surface area (Å²) >= 11 is 4.84. The third-order valence-electron chi connectivity index (χ3n) is 2.18. The lowest BCUT2D eigenvalue weighted by Gasteiger charge is -2.04. The molecule has 0 atom stereocenters. The van der Waals surface area contributed by atoms with E-state index in [9.17, 15) is 9.90 Å². The number of aromatic hydroxyl groups is 1. The van der Waals surface area contributed by atoms with Crippen molar-refractivity contribution in [3.05, 3.63) is 20.7 Å². The Hall–Kier alpha value is -1.47. The molecule has 0 aliphatic heterocycles. The molecular formula is C10H15N3O3S. The van der Waals surface area contributed by atoms with Crippen molar-refractivity contribution in [3.63, 3.8) is 0 Å². The van der Waals surface area contributed by atoms with Crippen molar-refractivity contribution in [1.82, 2.24) is 9.55 Å². The lowest BCUT2D eigenvalue weighted by molar-refractivity contribution is 0.197. The second-order valence-electron chi connectivity index (χ2n) is 3.44. The second-order valence-corrected chi connectivity index (χ2v) is 3.82. The Bertz CT molecular complexity index is 519. The van der Waals surface area contributed by atoms with Crippen LogP contribution in [0, 0.1) is 4.77 Å². The van der Waals surface area contributed by atoms with Crippen LogP contribution in [0.3, 0.4) is 0 Å². The van der Waals surface area contributed by atoms with Gasteiger partial charge in [-0.05, 0) is 18.6 Å². The minimum Gasteiger partial charge on any atom is -0.494 e. The quantitative estimate of drug-likeness (QED) is 0.460. The Labute approximate surface area is 104 Å². The van der Waals surface area contributed by atoms with Crippen LogP contribution >= 0.6 is 12.2 Å². The van der Waals surface area contributed by atoms with Gasteiger partial charge in [0.25, 0.3) is 5.56 Å². The van der Waals surface area contributed by atoms with Gasteiger partial charge in [-0.1, -0.05) is 0 Å². The van der Waals surface area contributed by atoms with Crippen molar-refractivity contribution >= 4 is 18.4 Å². The van der Waals surface area contributed by atoms with Crippen LogP contribution in [-0.4, -0.2) is 41.1 Å². The number of rotatable bonds is 5. The predicted molar refractivity (Wildman–Crippen MR) is 67.5 cm³/mol. The van der Waals surface area contributed by atoms with E-state index in [0.29, 0.717) is 13.2 Å². The summed E-state index contributed by atoms with van der Waals surface area (Å²) in [5.41, 5.74) is -0.334. The fraction of sp³-hybridized carbons (Fsp3) is 0.500. The lowest BCUT2D eigenvalue weighted by atomic mass is 10.3. The van der Waals surface area contributed by atoms with Gasteiger partial charge in [-0.25, -0.2) is 0 Å². The maximum atomic E-state index is 11.5. The van der Waals surface area contributed by atoms with Gasteiger partial charge >= 0.3 is 0 Å². The molecule has 0 unspecified atom stereocenters. The van der Waals surface area contributed by atoms with Crippen LogP contribution < -0.4 is 5.56 Å². The highest BCUT2D eigenvalue weighted by atomic mass is 32.1. The second kappa shape index (κ2) is 6.31. The summed E-state index contributed by atoms with van der Waals surface area (Å²) in [4.78, 5) is 18.0. The molecule has 0 aliphatic carbocycles. The first-order valence-corrected chi connectivity index (χ1v) is 5.49. The highest BCUT2D eigenvalue weighted by Crippen LogP contribution is 2.08. The van der Waals surface area contributed by atoms with Crippen molar-refractivity contribution in [2.75, 3.05) is 20.3 Å². The molecule has 0 bridgehead atoms. The number of ether oxygens (including phenoxy) is 1. The summed E-state index contributed by atoms with van der Waals surface area (Å²) in [6.45, 7) is 1.14. The third-order valence-corrected chi connectivity index (χ3v) is 2.56. The Morgan fingerprint density at radius 2 is 2.35 bits per heavy atom. The van der Waals surface area contributed by atoms with Gasteiger partial charge in [0, 0.05) is 33.5 Å². The summed E-state index contributed by atoms with van der Waals surface area (Å²) in [6, 6.07) is 0. The zero-order chi connectivity index (χ0) is 12.8. The number of H-pyrrole nitrogens is 1. The van der Waals surface area contributed by atoms with Crippen LogP contribution in [0.1, 0.15) is 12.0 Å². The molecule has 0 aromatic carbocycles. The van der Waals surface area contributed by atoms with Gasteiger partial charge in [0.2, 0.25) is 5.88 Å². The smallest absolute Gasteiger partial charge is 0.264 e. The van der Waals surface area contributed by atoms with E-state index >= 15 is 0 Å². The molecule has 1 rings (SSSR count). The van der Waals surface area contributed by atoms with Crippen molar-refractivity contribution in [2.45, 2.75) is 6.42 Å². The van der Waals surface area contributed by atoms with E-state index in [-0.39, 0.29) is 16.2 Å². The Kier molecular flexibility index (Phi) is 5.05. The molecule has 1 aromatic rings. The average molecular weight is 257 g/mol. The number of nitrogens with one attached hydrogen (secondary N) is 1. The topological polar surface area (TPSA) is 79.6 Å². The summed E-state index contributed by atoms with van der Waals surface area (Å²) in [5.74, 6) is -0.186. The molecule has 7 heteroatoms. The van der Waals surface area contributed by atoms with Crippen LogP contribution in [-0.2, 0) is 11.8 Å². The SMILES string of the molecule is COCCCN=Cc1c(O)n(C)c(=S)[nH]c1=O. The number of aromatic nitrogens is 2. The van der Waals surface area contributed by atoms with E-state index in [4.69, 9.17) is 17.0 Å². The van der Waals surface area contributed by atoms with Gasteiger partial charge in [0.1, 0.15) is 5.56 Å². The van der Waals surface area contributed by atoms with Crippen LogP contribution in [0.2, 0.25) is 0 Å². The number of aliphatic imine (C=N–C) groups is 1. The summed E-state index contributed by atoms with van der Waals surface area (Å²) < 4.78 is 6.35. The van der Waals surface area contributed by atoms with E-state index in [2.05, 4.69) is 9.98 Å². The standard InChI is InChI=1S/C10H15N3O3S/c1-13-9(15)7(8(14)12-10(13)17)6-11-4-3-5-16-2/h6,15H,3-5H2,1-2H3,(H,12,14,17). The Morgan fingerprint density at radius 1 is 1.65 bits per heavy atom. The van der Waals surface area contributed by atoms with E-state index in [1.54, 1.807) is 14.2 Å². The fourth-order valence-electron chi connectivity index (χ4n) is 1.20. The van der Waals surface area contributed by atoms with E-state index < -0.39 is 5.56 Å². The molecule has 0 radical (unpaired) electrons. The van der Waals surface area contributed by atoms with Gasteiger partial charge in [-0.15, -0.1) is 0 Å². The zero-order valence-electron chi connectivity index (χ0n) is 9.77. The molecule has 2 N–H and O–H groups in total. The van der Waals surface area contributed by atoms with E-state index in [1.807, 2.05) is 0 Å². The van der Waals surface area contributed by atoms with Crippen LogP contribution in [0.15, 0.2) is 9.79 Å². The average Bonchev–Trinajstić information content (AvgIpc) is 2.30. The van der Waals surface area contributed by atoms with Crippen molar-refractivity contribution in [3.8, 4) is 5.88 Å². The summed E-state index contributed by atoms with van der Waals surface area (Å²) in [6.07, 6.45) is 2.11. The van der Waals surface area contributed by atoms with Crippen molar-refractivity contribution in [2.24, 2.45) is 12.0 Å². The van der Waals surface area contributed by atoms with Crippen molar-refractivity contribution in [1.29, 1.82) is 0 Å². The largest absolute Gasteiger partial charge is 0.494 e. The molecule has 0 saturated carbocycles. The molecule has 1 heterocycles. The first-order chi connectivity index (χ1) is 8.07. The number of hydrogen-bond donors (Lipinski definition) is 2. The van der Waals surface area contributed by atoms with Crippen molar-refractivity contribution < 1.29 is 9.84 Å². The van der Waals surface area contributed by atoms with Crippen LogP contribution in [0.25, 0.3) is 0 Å². The molecular weight excluding hydrogens is 242 g/mol.